The number of nitriles is 1. The minimum Gasteiger partial charge on any atom is -0.511 e. The van der Waals surface area contributed by atoms with Crippen molar-refractivity contribution in [1.82, 2.24) is 10.1 Å². The normalized spacial score (nSPS) is 43.5. The van der Waals surface area contributed by atoms with Crippen molar-refractivity contribution in [3.8, 4) is 6.07 Å². The summed E-state index contributed by atoms with van der Waals surface area (Å²) in [6, 6.07) is 2.30. The summed E-state index contributed by atoms with van der Waals surface area (Å²) in [5.74, 6) is 0.965. The van der Waals surface area contributed by atoms with Gasteiger partial charge in [0, 0.05) is 16.7 Å². The first kappa shape index (κ1) is 27.7. The quantitative estimate of drug-likeness (QED) is 0.405. The second-order valence-electron chi connectivity index (χ2n) is 15.8. The number of ketones is 1. The average molecular weight is 550 g/mol. The molecule has 40 heavy (non-hydrogen) atoms. The highest BCUT2D eigenvalue weighted by atomic mass is 19.1. The van der Waals surface area contributed by atoms with Gasteiger partial charge in [0.25, 0.3) is 5.89 Å². The fourth-order valence-electron chi connectivity index (χ4n) is 10.8. The molecule has 1 aromatic heterocycles. The van der Waals surface area contributed by atoms with Crippen LogP contribution in [0.15, 0.2) is 27.5 Å². The summed E-state index contributed by atoms with van der Waals surface area (Å²) in [7, 11) is 0. The SMILES string of the molecule is CC1(C)CC[C@]2(c3noc(CF)n3)CC[C@]3(C)[C@H](C(=O)C=C4[C@@]5(C)CC(C#N)=C(O)C(C)(C)[C@@H]5CC[C@]43C)[C@@H]2C1. The van der Waals surface area contributed by atoms with E-state index in [9.17, 15) is 19.6 Å². The molecule has 5 aliphatic carbocycles. The topological polar surface area (TPSA) is 100 Å². The maximum absolute atomic E-state index is 14.6. The summed E-state index contributed by atoms with van der Waals surface area (Å²) < 4.78 is 18.8. The van der Waals surface area contributed by atoms with Crippen LogP contribution in [0.1, 0.15) is 112 Å². The van der Waals surface area contributed by atoms with Crippen LogP contribution in [0.4, 0.5) is 4.39 Å². The van der Waals surface area contributed by atoms with Crippen molar-refractivity contribution < 1.29 is 18.8 Å². The predicted octanol–water partition coefficient (Wildman–Crippen LogP) is 7.72. The Morgan fingerprint density at radius 3 is 2.45 bits per heavy atom. The van der Waals surface area contributed by atoms with E-state index in [1.807, 2.05) is 6.08 Å². The van der Waals surface area contributed by atoms with Gasteiger partial charge in [-0.05, 0) is 90.9 Å². The van der Waals surface area contributed by atoms with Gasteiger partial charge < -0.3 is 9.63 Å². The third-order valence-electron chi connectivity index (χ3n) is 13.1. The standard InChI is InChI=1S/C33H44FN3O3/c1-28(2)10-12-33(27-36-24(17-34)40-37-27)13-11-32(7)25(20(33)16-28)21(38)14-23-30(5)15-19(18-35)26(39)29(3,4)22(30)8-9-31(23,32)6/h14,20,22,25,39H,8-13,15-17H2,1-7H3/t20-,22-,25-,30-,31+,32+,33-/m0/s1. The summed E-state index contributed by atoms with van der Waals surface area (Å²) in [5, 5.41) is 25.4. The Kier molecular flexibility index (Phi) is 5.74. The molecule has 3 fully saturated rings. The van der Waals surface area contributed by atoms with Gasteiger partial charge in [0.1, 0.15) is 5.76 Å². The van der Waals surface area contributed by atoms with Crippen molar-refractivity contribution in [2.75, 3.05) is 0 Å². The molecule has 6 nitrogen and oxygen atoms in total. The molecule has 0 radical (unpaired) electrons. The number of fused-ring (bicyclic) bond motifs is 7. The first-order valence-corrected chi connectivity index (χ1v) is 15.1. The van der Waals surface area contributed by atoms with Gasteiger partial charge in [-0.15, -0.1) is 0 Å². The highest BCUT2D eigenvalue weighted by Crippen LogP contribution is 2.75. The largest absolute Gasteiger partial charge is 0.511 e. The summed E-state index contributed by atoms with van der Waals surface area (Å²) in [6.07, 6.45) is 8.76. The van der Waals surface area contributed by atoms with Crippen LogP contribution in [-0.4, -0.2) is 21.0 Å². The summed E-state index contributed by atoms with van der Waals surface area (Å²) in [4.78, 5) is 19.1. The predicted molar refractivity (Wildman–Crippen MR) is 148 cm³/mol. The van der Waals surface area contributed by atoms with Crippen LogP contribution in [0, 0.1) is 56.2 Å². The minimum atomic E-state index is -0.783. The molecular formula is C33H44FN3O3. The molecule has 0 amide bonds. The summed E-state index contributed by atoms with van der Waals surface area (Å²) in [6.45, 7) is 14.8. The minimum absolute atomic E-state index is 0.0150. The lowest BCUT2D eigenvalue weighted by molar-refractivity contribution is -0.161. The third kappa shape index (κ3) is 3.28. The van der Waals surface area contributed by atoms with Crippen LogP contribution in [0.25, 0.3) is 0 Å². The number of nitrogens with zero attached hydrogens (tertiary/aromatic N) is 3. The van der Waals surface area contributed by atoms with Crippen molar-refractivity contribution >= 4 is 5.78 Å². The average Bonchev–Trinajstić information content (AvgIpc) is 3.37. The van der Waals surface area contributed by atoms with Crippen LogP contribution < -0.4 is 0 Å². The van der Waals surface area contributed by atoms with Crippen LogP contribution in [0.3, 0.4) is 0 Å². The van der Waals surface area contributed by atoms with E-state index in [0.29, 0.717) is 17.8 Å². The van der Waals surface area contributed by atoms with Crippen molar-refractivity contribution in [2.24, 2.45) is 44.8 Å². The van der Waals surface area contributed by atoms with E-state index in [1.54, 1.807) is 0 Å². The number of alkyl halides is 1. The lowest BCUT2D eigenvalue weighted by atomic mass is 9.34. The number of rotatable bonds is 2. The summed E-state index contributed by atoms with van der Waals surface area (Å²) in [5.41, 5.74) is -0.132. The maximum Gasteiger partial charge on any atom is 0.258 e. The van der Waals surface area contributed by atoms with Gasteiger partial charge in [0.15, 0.2) is 18.3 Å². The molecule has 7 heteroatoms. The lowest BCUT2D eigenvalue weighted by Gasteiger charge is -2.69. The molecule has 0 saturated heterocycles. The van der Waals surface area contributed by atoms with Crippen molar-refractivity contribution in [3.05, 3.63) is 34.7 Å². The monoisotopic (exact) mass is 549 g/mol. The number of carbonyl (C=O) groups excluding carboxylic acids is 1. The number of carbonyl (C=O) groups is 1. The van der Waals surface area contributed by atoms with Crippen LogP contribution in [0.5, 0.6) is 0 Å². The Morgan fingerprint density at radius 2 is 1.80 bits per heavy atom. The molecule has 7 atom stereocenters. The Bertz CT molecular complexity index is 1380. The molecule has 3 saturated carbocycles. The van der Waals surface area contributed by atoms with E-state index >= 15 is 0 Å². The first-order chi connectivity index (χ1) is 18.6. The smallest absolute Gasteiger partial charge is 0.258 e. The molecule has 0 bridgehead atoms. The zero-order valence-corrected chi connectivity index (χ0v) is 25.2. The fourth-order valence-corrected chi connectivity index (χ4v) is 10.8. The van der Waals surface area contributed by atoms with Crippen molar-refractivity contribution in [3.63, 3.8) is 0 Å². The van der Waals surface area contributed by atoms with Gasteiger partial charge in [-0.25, -0.2) is 4.39 Å². The Balaban J connectivity index is 1.51. The third-order valence-corrected chi connectivity index (χ3v) is 13.1. The van der Waals surface area contributed by atoms with E-state index in [1.165, 1.54) is 5.57 Å². The number of hydrogen-bond donors (Lipinski definition) is 1. The number of aromatic nitrogens is 2. The zero-order valence-electron chi connectivity index (χ0n) is 25.2. The van der Waals surface area contributed by atoms with E-state index in [4.69, 9.17) is 4.52 Å². The molecular weight excluding hydrogens is 505 g/mol. The van der Waals surface area contributed by atoms with Crippen molar-refractivity contribution in [1.29, 1.82) is 5.26 Å². The molecule has 5 aliphatic rings. The number of halogens is 1. The van der Waals surface area contributed by atoms with Crippen LogP contribution in [-0.2, 0) is 16.9 Å². The molecule has 0 aliphatic heterocycles. The summed E-state index contributed by atoms with van der Waals surface area (Å²) >= 11 is 0. The molecule has 1 aromatic rings. The van der Waals surface area contributed by atoms with E-state index < -0.39 is 17.5 Å². The molecule has 0 aromatic carbocycles. The lowest BCUT2D eigenvalue weighted by Crippen LogP contribution is -2.65. The Morgan fingerprint density at radius 1 is 1.10 bits per heavy atom. The van der Waals surface area contributed by atoms with Gasteiger partial charge in [-0.1, -0.05) is 59.2 Å². The van der Waals surface area contributed by atoms with Crippen LogP contribution in [0.2, 0.25) is 0 Å². The second kappa shape index (κ2) is 8.29. The van der Waals surface area contributed by atoms with Gasteiger partial charge >= 0.3 is 0 Å². The molecule has 1 heterocycles. The molecule has 0 unspecified atom stereocenters. The van der Waals surface area contributed by atoms with Gasteiger partial charge in [-0.3, -0.25) is 4.79 Å². The number of aliphatic hydroxyl groups is 1. The molecule has 1 N–H and O–H groups in total. The van der Waals surface area contributed by atoms with E-state index in [0.717, 1.165) is 44.9 Å². The Hall–Kier alpha value is -2.49. The fraction of sp³-hybridized carbons (Fsp3) is 0.758. The molecule has 216 valence electrons. The van der Waals surface area contributed by atoms with Gasteiger partial charge in [0.2, 0.25) is 0 Å². The number of hydrogen-bond acceptors (Lipinski definition) is 6. The second-order valence-corrected chi connectivity index (χ2v) is 15.8. The molecule has 6 rings (SSSR count). The van der Waals surface area contributed by atoms with Crippen molar-refractivity contribution in [2.45, 2.75) is 112 Å². The van der Waals surface area contributed by atoms with E-state index in [-0.39, 0.29) is 56.8 Å². The van der Waals surface area contributed by atoms with Gasteiger partial charge in [-0.2, -0.15) is 10.2 Å². The number of allylic oxidation sites excluding steroid dienone is 4. The van der Waals surface area contributed by atoms with Gasteiger partial charge in [0.05, 0.1) is 11.6 Å². The highest BCUT2D eigenvalue weighted by molar-refractivity contribution is 5.95. The number of aliphatic hydroxyl groups excluding tert-OH is 1. The zero-order chi connectivity index (χ0) is 29.1. The molecule has 0 spiro atoms. The first-order valence-electron chi connectivity index (χ1n) is 15.1. The highest BCUT2D eigenvalue weighted by Gasteiger charge is 2.70. The van der Waals surface area contributed by atoms with Crippen LogP contribution >= 0.6 is 0 Å². The Labute approximate surface area is 237 Å². The maximum atomic E-state index is 14.6. The van der Waals surface area contributed by atoms with E-state index in [2.05, 4.69) is 64.7 Å².